The minimum atomic E-state index is -0.662. The highest BCUT2D eigenvalue weighted by atomic mass is 35.5. The minimum absolute atomic E-state index is 0.0306. The van der Waals surface area contributed by atoms with Gasteiger partial charge in [-0.3, -0.25) is 4.79 Å². The molecular weight excluding hydrogens is 398 g/mol. The largest absolute Gasteiger partial charge is 0.465 e. The molecule has 0 spiro atoms. The Kier molecular flexibility index (Phi) is 5.99. The molecule has 1 aromatic heterocycles. The third kappa shape index (κ3) is 4.47. The van der Waals surface area contributed by atoms with Crippen LogP contribution in [0.4, 0.5) is 5.69 Å². The summed E-state index contributed by atoms with van der Waals surface area (Å²) >= 11 is 6.15. The second kappa shape index (κ2) is 8.62. The van der Waals surface area contributed by atoms with Crippen LogP contribution in [0.25, 0.3) is 11.3 Å². The van der Waals surface area contributed by atoms with Crippen molar-refractivity contribution < 1.29 is 28.3 Å². The number of benzene rings is 2. The fourth-order valence-corrected chi connectivity index (χ4v) is 2.86. The van der Waals surface area contributed by atoms with Crippen LogP contribution in [0.2, 0.25) is 5.02 Å². The van der Waals surface area contributed by atoms with Gasteiger partial charge in [-0.1, -0.05) is 23.7 Å². The molecule has 0 fully saturated rings. The summed E-state index contributed by atoms with van der Waals surface area (Å²) < 4.78 is 15.0. The van der Waals surface area contributed by atoms with Crippen molar-refractivity contribution >= 4 is 35.1 Å². The van der Waals surface area contributed by atoms with Crippen LogP contribution < -0.4 is 5.32 Å². The quantitative estimate of drug-likeness (QED) is 0.622. The predicted octanol–water partition coefficient (Wildman–Crippen LogP) is 4.43. The molecule has 0 aliphatic rings. The summed E-state index contributed by atoms with van der Waals surface area (Å²) in [4.78, 5) is 36.3. The summed E-state index contributed by atoms with van der Waals surface area (Å²) in [7, 11) is 2.43. The monoisotopic (exact) mass is 413 g/mol. The molecule has 1 amide bonds. The molecular formula is C21H16ClNO6. The highest BCUT2D eigenvalue weighted by Gasteiger charge is 2.18. The highest BCUT2D eigenvalue weighted by molar-refractivity contribution is 6.33. The number of hydrogen-bond donors (Lipinski definition) is 1. The Balaban J connectivity index is 1.88. The summed E-state index contributed by atoms with van der Waals surface area (Å²) in [5, 5.41) is 3.08. The van der Waals surface area contributed by atoms with Gasteiger partial charge in [-0.15, -0.1) is 0 Å². The van der Waals surface area contributed by atoms with E-state index in [0.29, 0.717) is 16.3 Å². The number of halogens is 1. The van der Waals surface area contributed by atoms with Crippen LogP contribution in [-0.4, -0.2) is 32.1 Å². The molecule has 0 saturated heterocycles. The van der Waals surface area contributed by atoms with Crippen LogP contribution in [0.15, 0.2) is 59.0 Å². The lowest BCUT2D eigenvalue weighted by molar-refractivity contribution is 0.0599. The van der Waals surface area contributed by atoms with Crippen molar-refractivity contribution in [2.24, 2.45) is 0 Å². The maximum absolute atomic E-state index is 12.6. The van der Waals surface area contributed by atoms with E-state index in [4.69, 9.17) is 16.0 Å². The van der Waals surface area contributed by atoms with Gasteiger partial charge in [-0.2, -0.15) is 0 Å². The Bertz CT molecular complexity index is 1050. The van der Waals surface area contributed by atoms with E-state index in [-0.39, 0.29) is 22.6 Å². The van der Waals surface area contributed by atoms with Gasteiger partial charge in [0.05, 0.1) is 30.4 Å². The lowest BCUT2D eigenvalue weighted by Crippen LogP contribution is -2.13. The molecule has 8 heteroatoms. The first-order valence-corrected chi connectivity index (χ1v) is 8.78. The number of anilines is 1. The molecule has 0 saturated carbocycles. The van der Waals surface area contributed by atoms with Gasteiger partial charge in [0.1, 0.15) is 5.76 Å². The van der Waals surface area contributed by atoms with Crippen molar-refractivity contribution in [2.45, 2.75) is 0 Å². The molecule has 7 nitrogen and oxygen atoms in total. The summed E-state index contributed by atoms with van der Waals surface area (Å²) in [6.45, 7) is 0. The van der Waals surface area contributed by atoms with Crippen molar-refractivity contribution in [3.8, 4) is 11.3 Å². The van der Waals surface area contributed by atoms with Crippen molar-refractivity contribution in [3.05, 3.63) is 76.5 Å². The van der Waals surface area contributed by atoms with Gasteiger partial charge in [-0.25, -0.2) is 9.59 Å². The molecule has 0 radical (unpaired) electrons. The normalized spacial score (nSPS) is 10.3. The molecule has 1 N–H and O–H groups in total. The maximum Gasteiger partial charge on any atom is 0.337 e. The smallest absolute Gasteiger partial charge is 0.337 e. The summed E-state index contributed by atoms with van der Waals surface area (Å²) in [5.74, 6) is -1.43. The molecule has 3 rings (SSSR count). The van der Waals surface area contributed by atoms with Crippen LogP contribution in [0.3, 0.4) is 0 Å². The number of furan rings is 1. The van der Waals surface area contributed by atoms with Crippen LogP contribution in [0, 0.1) is 0 Å². The summed E-state index contributed by atoms with van der Waals surface area (Å²) in [6.07, 6.45) is 0. The average molecular weight is 414 g/mol. The lowest BCUT2D eigenvalue weighted by atomic mass is 10.1. The second-order valence-corrected chi connectivity index (χ2v) is 6.29. The van der Waals surface area contributed by atoms with Crippen LogP contribution in [0.5, 0.6) is 0 Å². The third-order valence-electron chi connectivity index (χ3n) is 4.00. The van der Waals surface area contributed by atoms with Gasteiger partial charge in [0, 0.05) is 11.3 Å². The number of nitrogens with one attached hydrogen (secondary N) is 1. The molecule has 0 unspecified atom stereocenters. The van der Waals surface area contributed by atoms with E-state index in [1.165, 1.54) is 38.5 Å². The van der Waals surface area contributed by atoms with Crippen molar-refractivity contribution in [3.63, 3.8) is 0 Å². The first kappa shape index (κ1) is 20.2. The fourth-order valence-electron chi connectivity index (χ4n) is 2.63. The van der Waals surface area contributed by atoms with Gasteiger partial charge in [0.15, 0.2) is 5.76 Å². The molecule has 3 aromatic rings. The van der Waals surface area contributed by atoms with E-state index in [0.717, 1.165) is 0 Å². The first-order valence-electron chi connectivity index (χ1n) is 8.40. The number of methoxy groups -OCH3 is 2. The zero-order valence-corrected chi connectivity index (χ0v) is 16.3. The Morgan fingerprint density at radius 1 is 0.897 bits per heavy atom. The van der Waals surface area contributed by atoms with Gasteiger partial charge in [0.2, 0.25) is 0 Å². The highest BCUT2D eigenvalue weighted by Crippen LogP contribution is 2.29. The second-order valence-electron chi connectivity index (χ2n) is 5.88. The number of rotatable bonds is 5. The zero-order valence-electron chi connectivity index (χ0n) is 15.5. The number of esters is 2. The van der Waals surface area contributed by atoms with E-state index in [2.05, 4.69) is 14.8 Å². The average Bonchev–Trinajstić information content (AvgIpc) is 3.22. The van der Waals surface area contributed by atoms with Crippen molar-refractivity contribution in [1.29, 1.82) is 0 Å². The number of carbonyl (C=O) groups is 3. The molecule has 0 aliphatic carbocycles. The van der Waals surface area contributed by atoms with E-state index in [1.54, 1.807) is 30.3 Å². The fraction of sp³-hybridized carbons (Fsp3) is 0.0952. The minimum Gasteiger partial charge on any atom is -0.465 e. The SMILES string of the molecule is COC(=O)c1cc(NC(=O)c2ccc(-c3ccccc3Cl)o2)cc(C(=O)OC)c1. The van der Waals surface area contributed by atoms with E-state index in [9.17, 15) is 14.4 Å². The lowest BCUT2D eigenvalue weighted by Gasteiger charge is -2.09. The van der Waals surface area contributed by atoms with E-state index >= 15 is 0 Å². The summed E-state index contributed by atoms with van der Waals surface area (Å²) in [6, 6.07) is 14.3. The topological polar surface area (TPSA) is 94.8 Å². The Labute approximate surface area is 171 Å². The maximum atomic E-state index is 12.6. The number of ether oxygens (including phenoxy) is 2. The third-order valence-corrected chi connectivity index (χ3v) is 4.33. The Morgan fingerprint density at radius 2 is 1.52 bits per heavy atom. The Morgan fingerprint density at radius 3 is 2.10 bits per heavy atom. The van der Waals surface area contributed by atoms with Crippen molar-refractivity contribution in [1.82, 2.24) is 0 Å². The molecule has 29 heavy (non-hydrogen) atoms. The molecule has 0 atom stereocenters. The van der Waals surface area contributed by atoms with Gasteiger partial charge in [-0.05, 0) is 42.5 Å². The Hall–Kier alpha value is -3.58. The van der Waals surface area contributed by atoms with Gasteiger partial charge < -0.3 is 19.2 Å². The van der Waals surface area contributed by atoms with E-state index in [1.807, 2.05) is 0 Å². The van der Waals surface area contributed by atoms with Gasteiger partial charge >= 0.3 is 11.9 Å². The predicted molar refractivity (Wildman–Crippen MR) is 106 cm³/mol. The van der Waals surface area contributed by atoms with Crippen molar-refractivity contribution in [2.75, 3.05) is 19.5 Å². The number of amides is 1. The standard InChI is InChI=1S/C21H16ClNO6/c1-27-20(25)12-9-13(21(26)28-2)11-14(10-12)23-19(24)18-8-7-17(29-18)15-5-3-4-6-16(15)22/h3-11H,1-2H3,(H,23,24). The first-order chi connectivity index (χ1) is 13.9. The van der Waals surface area contributed by atoms with Crippen LogP contribution >= 0.6 is 11.6 Å². The summed E-state index contributed by atoms with van der Waals surface area (Å²) in [5.41, 5.74) is 1.02. The van der Waals surface area contributed by atoms with E-state index < -0.39 is 17.8 Å². The number of carbonyl (C=O) groups excluding carboxylic acids is 3. The van der Waals surface area contributed by atoms with Crippen LogP contribution in [0.1, 0.15) is 31.3 Å². The van der Waals surface area contributed by atoms with Crippen LogP contribution in [-0.2, 0) is 9.47 Å². The molecule has 0 bridgehead atoms. The number of hydrogen-bond acceptors (Lipinski definition) is 6. The molecule has 148 valence electrons. The molecule has 2 aromatic carbocycles. The molecule has 1 heterocycles. The zero-order chi connectivity index (χ0) is 21.0. The molecule has 0 aliphatic heterocycles. The van der Waals surface area contributed by atoms with Gasteiger partial charge in [0.25, 0.3) is 5.91 Å².